The monoisotopic (exact) mass is 273 g/mol. The third kappa shape index (κ3) is 4.17. The molecule has 2 rings (SSSR count). The smallest absolute Gasteiger partial charge is 0.179 e. The second kappa shape index (κ2) is 8.21. The second-order valence-electron chi connectivity index (χ2n) is 5.84. The van der Waals surface area contributed by atoms with Crippen molar-refractivity contribution in [2.24, 2.45) is 0 Å². The van der Waals surface area contributed by atoms with Crippen LogP contribution in [0.4, 0.5) is 0 Å². The first-order valence-electron chi connectivity index (χ1n) is 8.16. The molecule has 0 saturated carbocycles. The van der Waals surface area contributed by atoms with Gasteiger partial charge in [0.1, 0.15) is 0 Å². The van der Waals surface area contributed by atoms with Gasteiger partial charge in [0, 0.05) is 5.56 Å². The molecular formula is C18H27NO. The van der Waals surface area contributed by atoms with Gasteiger partial charge in [0.05, 0.1) is 6.04 Å². The van der Waals surface area contributed by atoms with E-state index < -0.39 is 0 Å². The van der Waals surface area contributed by atoms with Gasteiger partial charge in [-0.2, -0.15) is 0 Å². The molecule has 2 heteroatoms. The zero-order valence-electron chi connectivity index (χ0n) is 12.7. The van der Waals surface area contributed by atoms with Crippen LogP contribution in [0.15, 0.2) is 30.3 Å². The highest BCUT2D eigenvalue weighted by Gasteiger charge is 2.28. The zero-order chi connectivity index (χ0) is 14.2. The first-order valence-corrected chi connectivity index (χ1v) is 8.16. The molecule has 1 heterocycles. The lowest BCUT2D eigenvalue weighted by atomic mass is 9.97. The Hall–Kier alpha value is -1.15. The van der Waals surface area contributed by atoms with Gasteiger partial charge in [-0.3, -0.25) is 9.69 Å². The lowest BCUT2D eigenvalue weighted by Gasteiger charge is -2.26. The molecule has 1 atom stereocenters. The van der Waals surface area contributed by atoms with E-state index >= 15 is 0 Å². The Bertz CT molecular complexity index is 395. The maximum Gasteiger partial charge on any atom is 0.179 e. The number of nitrogens with zero attached hydrogens (tertiary/aromatic N) is 1. The predicted molar refractivity (Wildman–Crippen MR) is 84.1 cm³/mol. The Morgan fingerprint density at radius 2 is 1.80 bits per heavy atom. The van der Waals surface area contributed by atoms with E-state index in [1.165, 1.54) is 38.5 Å². The number of hydrogen-bond acceptors (Lipinski definition) is 2. The van der Waals surface area contributed by atoms with Crippen LogP contribution in [0.2, 0.25) is 0 Å². The quantitative estimate of drug-likeness (QED) is 0.520. The summed E-state index contributed by atoms with van der Waals surface area (Å²) in [6.45, 7) is 4.42. The molecule has 1 unspecified atom stereocenters. The minimum absolute atomic E-state index is 0.108. The number of benzene rings is 1. The Morgan fingerprint density at radius 1 is 1.10 bits per heavy atom. The van der Waals surface area contributed by atoms with Crippen molar-refractivity contribution in [1.82, 2.24) is 4.90 Å². The number of Topliss-reactive ketones (excluding diaryl/α,β-unsaturated/α-hetero) is 1. The van der Waals surface area contributed by atoms with Gasteiger partial charge in [0.15, 0.2) is 5.78 Å². The molecule has 1 aromatic rings. The van der Waals surface area contributed by atoms with Crippen molar-refractivity contribution in [2.75, 3.05) is 13.1 Å². The van der Waals surface area contributed by atoms with E-state index in [-0.39, 0.29) is 6.04 Å². The Labute approximate surface area is 123 Å². The summed E-state index contributed by atoms with van der Waals surface area (Å²) in [5, 5.41) is 0. The highest BCUT2D eigenvalue weighted by atomic mass is 16.1. The van der Waals surface area contributed by atoms with Crippen LogP contribution in [0.3, 0.4) is 0 Å². The van der Waals surface area contributed by atoms with Crippen LogP contribution in [0.25, 0.3) is 0 Å². The molecule has 0 amide bonds. The number of likely N-dealkylation sites (tertiary alicyclic amines) is 1. The first kappa shape index (κ1) is 15.2. The number of rotatable bonds is 8. The number of hydrogen-bond donors (Lipinski definition) is 0. The summed E-state index contributed by atoms with van der Waals surface area (Å²) in [6.07, 6.45) is 8.47. The average molecular weight is 273 g/mol. The number of carbonyl (C=O) groups is 1. The Morgan fingerprint density at radius 3 is 2.45 bits per heavy atom. The SMILES string of the molecule is CCCCCCC(C(=O)c1ccccc1)N1CCCC1. The Balaban J connectivity index is 1.99. The van der Waals surface area contributed by atoms with Crippen LogP contribution < -0.4 is 0 Å². The minimum atomic E-state index is 0.108. The van der Waals surface area contributed by atoms with Crippen molar-refractivity contribution in [1.29, 1.82) is 0 Å². The van der Waals surface area contributed by atoms with Crippen molar-refractivity contribution < 1.29 is 4.79 Å². The summed E-state index contributed by atoms with van der Waals surface area (Å²) in [4.78, 5) is 15.2. The van der Waals surface area contributed by atoms with Gasteiger partial charge in [-0.05, 0) is 32.4 Å². The summed E-state index contributed by atoms with van der Waals surface area (Å²) in [7, 11) is 0. The molecule has 1 saturated heterocycles. The molecule has 20 heavy (non-hydrogen) atoms. The van der Waals surface area contributed by atoms with E-state index in [0.717, 1.165) is 25.1 Å². The molecule has 0 N–H and O–H groups in total. The molecule has 0 bridgehead atoms. The summed E-state index contributed by atoms with van der Waals surface area (Å²) in [5.74, 6) is 0.323. The molecule has 1 aliphatic rings. The molecule has 2 nitrogen and oxygen atoms in total. The average Bonchev–Trinajstić information content (AvgIpc) is 3.02. The van der Waals surface area contributed by atoms with Gasteiger partial charge in [0.25, 0.3) is 0 Å². The van der Waals surface area contributed by atoms with Gasteiger partial charge in [-0.15, -0.1) is 0 Å². The second-order valence-corrected chi connectivity index (χ2v) is 5.84. The van der Waals surface area contributed by atoms with Crippen LogP contribution in [-0.2, 0) is 0 Å². The van der Waals surface area contributed by atoms with E-state index in [9.17, 15) is 4.79 Å². The van der Waals surface area contributed by atoms with Gasteiger partial charge < -0.3 is 0 Å². The lowest BCUT2D eigenvalue weighted by Crippen LogP contribution is -2.39. The predicted octanol–water partition coefficient (Wildman–Crippen LogP) is 4.30. The van der Waals surface area contributed by atoms with Gasteiger partial charge >= 0.3 is 0 Å². The van der Waals surface area contributed by atoms with Crippen molar-refractivity contribution in [3.8, 4) is 0 Å². The Kier molecular flexibility index (Phi) is 6.25. The van der Waals surface area contributed by atoms with Crippen molar-refractivity contribution in [3.05, 3.63) is 35.9 Å². The molecule has 0 spiro atoms. The van der Waals surface area contributed by atoms with E-state index in [1.807, 2.05) is 30.3 Å². The summed E-state index contributed by atoms with van der Waals surface area (Å²) in [6, 6.07) is 9.92. The van der Waals surface area contributed by atoms with E-state index in [2.05, 4.69) is 11.8 Å². The molecule has 1 aliphatic heterocycles. The molecule has 0 radical (unpaired) electrons. The third-order valence-electron chi connectivity index (χ3n) is 4.27. The van der Waals surface area contributed by atoms with Crippen LogP contribution in [0.1, 0.15) is 62.2 Å². The highest BCUT2D eigenvalue weighted by molar-refractivity contribution is 6.00. The summed E-state index contributed by atoms with van der Waals surface area (Å²) in [5.41, 5.74) is 0.875. The molecule has 0 aromatic heterocycles. The van der Waals surface area contributed by atoms with E-state index in [1.54, 1.807) is 0 Å². The fourth-order valence-corrected chi connectivity index (χ4v) is 3.09. The fourth-order valence-electron chi connectivity index (χ4n) is 3.09. The van der Waals surface area contributed by atoms with Gasteiger partial charge in [-0.25, -0.2) is 0 Å². The van der Waals surface area contributed by atoms with Crippen molar-refractivity contribution in [3.63, 3.8) is 0 Å². The number of ketones is 1. The molecule has 110 valence electrons. The largest absolute Gasteiger partial charge is 0.293 e. The molecule has 0 aliphatic carbocycles. The van der Waals surface area contributed by atoms with E-state index in [0.29, 0.717) is 5.78 Å². The number of unbranched alkanes of at least 4 members (excludes halogenated alkanes) is 3. The van der Waals surface area contributed by atoms with Gasteiger partial charge in [-0.1, -0.05) is 62.9 Å². The summed E-state index contributed by atoms with van der Waals surface area (Å²) >= 11 is 0. The summed E-state index contributed by atoms with van der Waals surface area (Å²) < 4.78 is 0. The highest BCUT2D eigenvalue weighted by Crippen LogP contribution is 2.20. The third-order valence-corrected chi connectivity index (χ3v) is 4.27. The maximum absolute atomic E-state index is 12.8. The van der Waals surface area contributed by atoms with Crippen molar-refractivity contribution >= 4 is 5.78 Å². The standard InChI is InChI=1S/C18H27NO/c1-2-3-4-8-13-17(19-14-9-10-15-19)18(20)16-11-6-5-7-12-16/h5-7,11-12,17H,2-4,8-10,13-15H2,1H3. The maximum atomic E-state index is 12.8. The van der Waals surface area contributed by atoms with Crippen LogP contribution in [-0.4, -0.2) is 29.8 Å². The molecular weight excluding hydrogens is 246 g/mol. The van der Waals surface area contributed by atoms with Crippen LogP contribution in [0, 0.1) is 0 Å². The van der Waals surface area contributed by atoms with Gasteiger partial charge in [0.2, 0.25) is 0 Å². The molecule has 1 fully saturated rings. The number of carbonyl (C=O) groups excluding carboxylic acids is 1. The van der Waals surface area contributed by atoms with Crippen LogP contribution in [0.5, 0.6) is 0 Å². The van der Waals surface area contributed by atoms with Crippen LogP contribution >= 0.6 is 0 Å². The van der Waals surface area contributed by atoms with Crippen molar-refractivity contribution in [2.45, 2.75) is 57.9 Å². The first-order chi connectivity index (χ1) is 9.83. The minimum Gasteiger partial charge on any atom is -0.293 e. The van der Waals surface area contributed by atoms with E-state index in [4.69, 9.17) is 0 Å². The fraction of sp³-hybridized carbons (Fsp3) is 0.611. The molecule has 1 aromatic carbocycles. The lowest BCUT2D eigenvalue weighted by molar-refractivity contribution is 0.0834. The topological polar surface area (TPSA) is 20.3 Å². The normalized spacial score (nSPS) is 17.2. The zero-order valence-corrected chi connectivity index (χ0v) is 12.7.